The Kier molecular flexibility index (Phi) is 10.00. The molecule has 1 heterocycles. The standard InChI is InChI=1S/C25H34N4O4/c1-5-28(25(32)29(33)23(30)19(4)15-14-18(2)3)24(31)27-17-21(20-11-7-6-8-12-20)22-13-9-10-16-26-22/h6-13,16,18-19,21,33H,5,14-15,17H2,1-4H3,(H,27,31)/t19-,21?/m0/s1. The van der Waals surface area contributed by atoms with E-state index in [-0.39, 0.29) is 24.1 Å². The summed E-state index contributed by atoms with van der Waals surface area (Å²) in [4.78, 5) is 43.2. The summed E-state index contributed by atoms with van der Waals surface area (Å²) in [6, 6.07) is 13.4. The van der Waals surface area contributed by atoms with Gasteiger partial charge in [-0.15, -0.1) is 5.06 Å². The number of carbonyl (C=O) groups excluding carboxylic acids is 3. The second kappa shape index (κ2) is 12.7. The van der Waals surface area contributed by atoms with E-state index in [1.54, 1.807) is 20.0 Å². The van der Waals surface area contributed by atoms with Gasteiger partial charge in [0.25, 0.3) is 5.91 Å². The summed E-state index contributed by atoms with van der Waals surface area (Å²) in [5.41, 5.74) is 1.74. The summed E-state index contributed by atoms with van der Waals surface area (Å²) in [5, 5.41) is 13.0. The summed E-state index contributed by atoms with van der Waals surface area (Å²) in [6.07, 6.45) is 3.02. The number of hydrogen-bond donors (Lipinski definition) is 2. The van der Waals surface area contributed by atoms with Gasteiger partial charge in [-0.2, -0.15) is 0 Å². The van der Waals surface area contributed by atoms with E-state index in [1.807, 2.05) is 62.4 Å². The van der Waals surface area contributed by atoms with E-state index in [1.165, 1.54) is 0 Å². The van der Waals surface area contributed by atoms with Crippen LogP contribution in [0.25, 0.3) is 0 Å². The van der Waals surface area contributed by atoms with Gasteiger partial charge >= 0.3 is 12.1 Å². The van der Waals surface area contributed by atoms with Crippen molar-refractivity contribution in [3.8, 4) is 0 Å². The quantitative estimate of drug-likeness (QED) is 0.424. The van der Waals surface area contributed by atoms with Crippen LogP contribution in [0, 0.1) is 11.8 Å². The number of nitrogens with zero attached hydrogens (tertiary/aromatic N) is 3. The van der Waals surface area contributed by atoms with Gasteiger partial charge < -0.3 is 5.32 Å². The number of urea groups is 2. The van der Waals surface area contributed by atoms with E-state index in [0.717, 1.165) is 22.6 Å². The SMILES string of the molecule is CCN(C(=O)NCC(c1ccccc1)c1ccccn1)C(=O)N(O)C(=O)[C@@H](C)CCC(C)C. The van der Waals surface area contributed by atoms with Crippen LogP contribution in [0.5, 0.6) is 0 Å². The molecule has 0 aliphatic rings. The topological polar surface area (TPSA) is 103 Å². The number of carbonyl (C=O) groups is 3. The molecule has 2 rings (SSSR count). The number of hydroxylamine groups is 2. The van der Waals surface area contributed by atoms with Gasteiger partial charge in [-0.3, -0.25) is 15.0 Å². The molecule has 2 N–H and O–H groups in total. The maximum absolute atomic E-state index is 12.8. The van der Waals surface area contributed by atoms with E-state index >= 15 is 0 Å². The fourth-order valence-electron chi connectivity index (χ4n) is 3.44. The number of amides is 5. The van der Waals surface area contributed by atoms with Crippen LogP contribution in [0.1, 0.15) is 57.7 Å². The van der Waals surface area contributed by atoms with E-state index in [4.69, 9.17) is 0 Å². The zero-order chi connectivity index (χ0) is 24.4. The number of nitrogens with one attached hydrogen (secondary N) is 1. The molecule has 2 aromatic rings. The molecule has 0 aliphatic carbocycles. The van der Waals surface area contributed by atoms with Gasteiger partial charge in [0.2, 0.25) is 0 Å². The molecule has 0 spiro atoms. The van der Waals surface area contributed by atoms with Crippen LogP contribution in [0.4, 0.5) is 9.59 Å². The van der Waals surface area contributed by atoms with Crippen molar-refractivity contribution >= 4 is 18.0 Å². The molecule has 0 saturated carbocycles. The molecule has 1 aromatic heterocycles. The van der Waals surface area contributed by atoms with Gasteiger partial charge in [-0.1, -0.05) is 63.6 Å². The number of imide groups is 2. The van der Waals surface area contributed by atoms with Gasteiger partial charge in [-0.25, -0.2) is 14.5 Å². The predicted molar refractivity (Wildman–Crippen MR) is 126 cm³/mol. The first kappa shape index (κ1) is 26.0. The van der Waals surface area contributed by atoms with Crippen molar-refractivity contribution in [1.29, 1.82) is 0 Å². The molecule has 5 amide bonds. The van der Waals surface area contributed by atoms with Crippen molar-refractivity contribution in [2.45, 2.75) is 46.5 Å². The Morgan fingerprint density at radius 3 is 2.24 bits per heavy atom. The Hall–Kier alpha value is -3.26. The molecule has 178 valence electrons. The average molecular weight is 455 g/mol. The zero-order valence-electron chi connectivity index (χ0n) is 19.8. The van der Waals surface area contributed by atoms with Crippen LogP contribution in [0.3, 0.4) is 0 Å². The largest absolute Gasteiger partial charge is 0.359 e. The lowest BCUT2D eigenvalue weighted by atomic mass is 9.95. The minimum Gasteiger partial charge on any atom is -0.337 e. The number of benzene rings is 1. The Labute approximate surface area is 195 Å². The zero-order valence-corrected chi connectivity index (χ0v) is 19.8. The third kappa shape index (κ3) is 7.39. The van der Waals surface area contributed by atoms with Crippen molar-refractivity contribution in [2.75, 3.05) is 13.1 Å². The second-order valence-electron chi connectivity index (χ2n) is 8.45. The lowest BCUT2D eigenvalue weighted by molar-refractivity contribution is -0.158. The van der Waals surface area contributed by atoms with Gasteiger partial charge in [0.05, 0.1) is 0 Å². The van der Waals surface area contributed by atoms with Crippen LogP contribution >= 0.6 is 0 Å². The molecule has 0 saturated heterocycles. The second-order valence-corrected chi connectivity index (χ2v) is 8.45. The molecule has 8 nitrogen and oxygen atoms in total. The Morgan fingerprint density at radius 2 is 1.67 bits per heavy atom. The van der Waals surface area contributed by atoms with Gasteiger partial charge in [0.1, 0.15) is 0 Å². The number of aromatic nitrogens is 1. The van der Waals surface area contributed by atoms with E-state index < -0.39 is 23.9 Å². The first-order valence-electron chi connectivity index (χ1n) is 11.3. The average Bonchev–Trinajstić information content (AvgIpc) is 2.83. The molecular weight excluding hydrogens is 420 g/mol. The highest BCUT2D eigenvalue weighted by molar-refractivity contribution is 6.01. The summed E-state index contributed by atoms with van der Waals surface area (Å²) in [5.74, 6) is -1.08. The molecular formula is C25H34N4O4. The lowest BCUT2D eigenvalue weighted by Crippen LogP contribution is -2.52. The minimum absolute atomic E-state index is 0.00499. The molecule has 0 radical (unpaired) electrons. The molecule has 1 unspecified atom stereocenters. The molecule has 0 fully saturated rings. The molecule has 0 aliphatic heterocycles. The summed E-state index contributed by atoms with van der Waals surface area (Å²) >= 11 is 0. The maximum atomic E-state index is 12.8. The maximum Gasteiger partial charge on any atom is 0.359 e. The first-order chi connectivity index (χ1) is 15.8. The monoisotopic (exact) mass is 454 g/mol. The van der Waals surface area contributed by atoms with Gasteiger partial charge in [-0.05, 0) is 37.0 Å². The molecule has 2 atom stereocenters. The highest BCUT2D eigenvalue weighted by Crippen LogP contribution is 2.22. The van der Waals surface area contributed by atoms with Gasteiger partial charge in [0, 0.05) is 36.8 Å². The van der Waals surface area contributed by atoms with E-state index in [0.29, 0.717) is 12.3 Å². The van der Waals surface area contributed by atoms with Crippen molar-refractivity contribution < 1.29 is 19.6 Å². The van der Waals surface area contributed by atoms with Crippen LogP contribution < -0.4 is 5.32 Å². The lowest BCUT2D eigenvalue weighted by Gasteiger charge is -2.26. The highest BCUT2D eigenvalue weighted by Gasteiger charge is 2.31. The van der Waals surface area contributed by atoms with Crippen LogP contribution in [0.15, 0.2) is 54.7 Å². The first-order valence-corrected chi connectivity index (χ1v) is 11.3. The molecule has 1 aromatic carbocycles. The van der Waals surface area contributed by atoms with Crippen molar-refractivity contribution in [3.05, 3.63) is 66.0 Å². The Balaban J connectivity index is 2.07. The van der Waals surface area contributed by atoms with E-state index in [9.17, 15) is 19.6 Å². The Morgan fingerprint density at radius 1 is 1.00 bits per heavy atom. The van der Waals surface area contributed by atoms with Crippen molar-refractivity contribution in [3.63, 3.8) is 0 Å². The summed E-state index contributed by atoms with van der Waals surface area (Å²) in [6.45, 7) is 7.52. The molecule has 33 heavy (non-hydrogen) atoms. The van der Waals surface area contributed by atoms with Gasteiger partial charge in [0.15, 0.2) is 0 Å². The summed E-state index contributed by atoms with van der Waals surface area (Å²) < 4.78 is 0. The van der Waals surface area contributed by atoms with Crippen molar-refractivity contribution in [1.82, 2.24) is 20.3 Å². The fraction of sp³-hybridized carbons (Fsp3) is 0.440. The fourth-order valence-corrected chi connectivity index (χ4v) is 3.44. The smallest absolute Gasteiger partial charge is 0.337 e. The third-order valence-corrected chi connectivity index (χ3v) is 5.48. The number of rotatable bonds is 9. The third-order valence-electron chi connectivity index (χ3n) is 5.48. The Bertz CT molecular complexity index is 866. The van der Waals surface area contributed by atoms with E-state index in [2.05, 4.69) is 10.3 Å². The normalized spacial score (nSPS) is 12.7. The van der Waals surface area contributed by atoms with Crippen LogP contribution in [0.2, 0.25) is 0 Å². The number of hydrogen-bond acceptors (Lipinski definition) is 5. The summed E-state index contributed by atoms with van der Waals surface area (Å²) in [7, 11) is 0. The molecule has 0 bridgehead atoms. The molecule has 8 heteroatoms. The highest BCUT2D eigenvalue weighted by atomic mass is 16.5. The number of pyridine rings is 1. The van der Waals surface area contributed by atoms with Crippen LogP contribution in [-0.2, 0) is 4.79 Å². The van der Waals surface area contributed by atoms with Crippen molar-refractivity contribution in [2.24, 2.45) is 11.8 Å². The van der Waals surface area contributed by atoms with Crippen LogP contribution in [-0.4, -0.2) is 51.2 Å². The predicted octanol–water partition coefficient (Wildman–Crippen LogP) is 4.66. The minimum atomic E-state index is -1.06.